The summed E-state index contributed by atoms with van der Waals surface area (Å²) >= 11 is 0. The second kappa shape index (κ2) is 4.23. The Balaban J connectivity index is 2.40. The molecule has 2 aromatic rings. The third-order valence-electron chi connectivity index (χ3n) is 2.39. The van der Waals surface area contributed by atoms with Gasteiger partial charge in [0.15, 0.2) is 5.78 Å². The van der Waals surface area contributed by atoms with Crippen LogP contribution in [0.25, 0.3) is 0 Å². The molecule has 0 radical (unpaired) electrons. The third-order valence-corrected chi connectivity index (χ3v) is 2.39. The molecule has 2 rings (SSSR count). The zero-order valence-corrected chi connectivity index (χ0v) is 8.77. The van der Waals surface area contributed by atoms with Gasteiger partial charge < -0.3 is 0 Å². The van der Waals surface area contributed by atoms with Crippen molar-refractivity contribution in [1.29, 1.82) is 0 Å². The van der Waals surface area contributed by atoms with Gasteiger partial charge in [-0.25, -0.2) is 4.39 Å². The van der Waals surface area contributed by atoms with Crippen LogP contribution in [-0.2, 0) is 0 Å². The Morgan fingerprint density at radius 2 is 1.88 bits per heavy atom. The molecular weight excluding hydrogens is 205 g/mol. The molecule has 0 unspecified atom stereocenters. The second-order valence-corrected chi connectivity index (χ2v) is 3.53. The van der Waals surface area contributed by atoms with Crippen molar-refractivity contribution in [3.05, 3.63) is 65.2 Å². The summed E-state index contributed by atoms with van der Waals surface area (Å²) in [6, 6.07) is 7.28. The molecule has 0 bridgehead atoms. The van der Waals surface area contributed by atoms with Crippen molar-refractivity contribution < 1.29 is 9.18 Å². The van der Waals surface area contributed by atoms with E-state index in [2.05, 4.69) is 4.98 Å². The second-order valence-electron chi connectivity index (χ2n) is 3.53. The van der Waals surface area contributed by atoms with Crippen molar-refractivity contribution in [2.75, 3.05) is 0 Å². The van der Waals surface area contributed by atoms with Crippen molar-refractivity contribution in [2.24, 2.45) is 0 Å². The summed E-state index contributed by atoms with van der Waals surface area (Å²) in [5.41, 5.74) is 1.89. The molecule has 0 fully saturated rings. The van der Waals surface area contributed by atoms with Gasteiger partial charge in [0.1, 0.15) is 5.82 Å². The lowest BCUT2D eigenvalue weighted by molar-refractivity contribution is 0.103. The van der Waals surface area contributed by atoms with E-state index in [1.165, 1.54) is 30.5 Å². The van der Waals surface area contributed by atoms with Gasteiger partial charge in [0.2, 0.25) is 0 Å². The number of carbonyl (C=O) groups excluding carboxylic acids is 1. The maximum atomic E-state index is 12.7. The van der Waals surface area contributed by atoms with Gasteiger partial charge in [-0.1, -0.05) is 0 Å². The monoisotopic (exact) mass is 215 g/mol. The fraction of sp³-hybridized carbons (Fsp3) is 0.0769. The average molecular weight is 215 g/mol. The first-order valence-corrected chi connectivity index (χ1v) is 4.89. The van der Waals surface area contributed by atoms with Gasteiger partial charge in [0, 0.05) is 23.5 Å². The normalized spacial score (nSPS) is 10.1. The minimum absolute atomic E-state index is 0.134. The van der Waals surface area contributed by atoms with Crippen LogP contribution in [-0.4, -0.2) is 10.8 Å². The zero-order valence-electron chi connectivity index (χ0n) is 8.77. The summed E-state index contributed by atoms with van der Waals surface area (Å²) < 4.78 is 12.7. The van der Waals surface area contributed by atoms with Crippen LogP contribution in [0.1, 0.15) is 21.5 Å². The lowest BCUT2D eigenvalue weighted by atomic mass is 10.0. The van der Waals surface area contributed by atoms with Crippen LogP contribution in [0.4, 0.5) is 4.39 Å². The standard InChI is InChI=1S/C13H10FNO/c1-9-6-7-15-8-12(9)13(16)10-2-4-11(14)5-3-10/h2-8H,1H3. The van der Waals surface area contributed by atoms with E-state index in [9.17, 15) is 9.18 Å². The first-order chi connectivity index (χ1) is 7.68. The number of nitrogens with zero attached hydrogens (tertiary/aromatic N) is 1. The highest BCUT2D eigenvalue weighted by molar-refractivity contribution is 6.09. The van der Waals surface area contributed by atoms with Crippen molar-refractivity contribution in [2.45, 2.75) is 6.92 Å². The van der Waals surface area contributed by atoms with Crippen molar-refractivity contribution in [3.63, 3.8) is 0 Å². The molecule has 0 saturated carbocycles. The maximum absolute atomic E-state index is 12.7. The Morgan fingerprint density at radius 1 is 1.19 bits per heavy atom. The van der Waals surface area contributed by atoms with Gasteiger partial charge in [-0.05, 0) is 42.8 Å². The molecule has 0 aliphatic heterocycles. The maximum Gasteiger partial charge on any atom is 0.194 e. The fourth-order valence-corrected chi connectivity index (χ4v) is 1.46. The lowest BCUT2D eigenvalue weighted by Crippen LogP contribution is -2.04. The Bertz CT molecular complexity index is 520. The lowest BCUT2D eigenvalue weighted by Gasteiger charge is -2.03. The minimum atomic E-state index is -0.348. The summed E-state index contributed by atoms with van der Waals surface area (Å²) in [7, 11) is 0. The first-order valence-electron chi connectivity index (χ1n) is 4.89. The first kappa shape index (κ1) is 10.5. The molecule has 16 heavy (non-hydrogen) atoms. The fourth-order valence-electron chi connectivity index (χ4n) is 1.46. The Kier molecular flexibility index (Phi) is 2.77. The van der Waals surface area contributed by atoms with Crippen LogP contribution in [0.3, 0.4) is 0 Å². The highest BCUT2D eigenvalue weighted by Gasteiger charge is 2.11. The molecule has 0 aliphatic rings. The Hall–Kier alpha value is -2.03. The van der Waals surface area contributed by atoms with E-state index >= 15 is 0 Å². The number of benzene rings is 1. The van der Waals surface area contributed by atoms with Gasteiger partial charge in [0.05, 0.1) is 0 Å². The molecule has 1 aromatic heterocycles. The van der Waals surface area contributed by atoms with Crippen molar-refractivity contribution in [3.8, 4) is 0 Å². The molecule has 3 heteroatoms. The van der Waals surface area contributed by atoms with E-state index in [0.717, 1.165) is 5.56 Å². The van der Waals surface area contributed by atoms with Crippen LogP contribution in [0.15, 0.2) is 42.7 Å². The number of carbonyl (C=O) groups is 1. The van der Waals surface area contributed by atoms with Gasteiger partial charge in [-0.3, -0.25) is 9.78 Å². The molecule has 0 aliphatic carbocycles. The number of rotatable bonds is 2. The molecule has 1 aromatic carbocycles. The Morgan fingerprint density at radius 3 is 2.50 bits per heavy atom. The smallest absolute Gasteiger partial charge is 0.194 e. The molecule has 0 N–H and O–H groups in total. The quantitative estimate of drug-likeness (QED) is 0.721. The van der Waals surface area contributed by atoms with Crippen molar-refractivity contribution >= 4 is 5.78 Å². The van der Waals surface area contributed by atoms with Gasteiger partial charge >= 0.3 is 0 Å². The van der Waals surface area contributed by atoms with Crippen molar-refractivity contribution in [1.82, 2.24) is 4.98 Å². The molecule has 0 atom stereocenters. The zero-order chi connectivity index (χ0) is 11.5. The summed E-state index contributed by atoms with van der Waals surface area (Å²) in [5, 5.41) is 0. The SMILES string of the molecule is Cc1ccncc1C(=O)c1ccc(F)cc1. The molecule has 80 valence electrons. The van der Waals surface area contributed by atoms with E-state index in [1.807, 2.05) is 6.92 Å². The van der Waals surface area contributed by atoms with E-state index in [-0.39, 0.29) is 11.6 Å². The number of hydrogen-bond donors (Lipinski definition) is 0. The molecule has 2 nitrogen and oxygen atoms in total. The van der Waals surface area contributed by atoms with Crippen LogP contribution in [0.5, 0.6) is 0 Å². The third kappa shape index (κ3) is 1.98. The summed E-state index contributed by atoms with van der Waals surface area (Å²) in [5.74, 6) is -0.481. The number of halogens is 1. The molecule has 0 saturated heterocycles. The highest BCUT2D eigenvalue weighted by Crippen LogP contribution is 2.13. The van der Waals surface area contributed by atoms with Crippen LogP contribution in [0, 0.1) is 12.7 Å². The highest BCUT2D eigenvalue weighted by atomic mass is 19.1. The largest absolute Gasteiger partial charge is 0.289 e. The number of ketones is 1. The number of aryl methyl sites for hydroxylation is 1. The number of hydrogen-bond acceptors (Lipinski definition) is 2. The van der Waals surface area contributed by atoms with Gasteiger partial charge in [-0.2, -0.15) is 0 Å². The summed E-state index contributed by atoms with van der Waals surface area (Å²) in [6.45, 7) is 1.85. The van der Waals surface area contributed by atoms with Crippen LogP contribution < -0.4 is 0 Å². The van der Waals surface area contributed by atoms with E-state index in [1.54, 1.807) is 12.3 Å². The van der Waals surface area contributed by atoms with Gasteiger partial charge in [0.25, 0.3) is 0 Å². The predicted octanol–water partition coefficient (Wildman–Crippen LogP) is 2.76. The predicted molar refractivity (Wildman–Crippen MR) is 58.8 cm³/mol. The summed E-state index contributed by atoms with van der Waals surface area (Å²) in [6.07, 6.45) is 3.16. The molecule has 0 spiro atoms. The van der Waals surface area contributed by atoms with Crippen LogP contribution >= 0.6 is 0 Å². The van der Waals surface area contributed by atoms with E-state index in [4.69, 9.17) is 0 Å². The summed E-state index contributed by atoms with van der Waals surface area (Å²) in [4.78, 5) is 15.9. The van der Waals surface area contributed by atoms with E-state index in [0.29, 0.717) is 11.1 Å². The number of pyridine rings is 1. The van der Waals surface area contributed by atoms with Gasteiger partial charge in [-0.15, -0.1) is 0 Å². The topological polar surface area (TPSA) is 30.0 Å². The molecule has 0 amide bonds. The van der Waals surface area contributed by atoms with E-state index < -0.39 is 0 Å². The Labute approximate surface area is 92.8 Å². The van der Waals surface area contributed by atoms with Crippen LogP contribution in [0.2, 0.25) is 0 Å². The molecule has 1 heterocycles. The minimum Gasteiger partial charge on any atom is -0.289 e. The number of aromatic nitrogens is 1. The average Bonchev–Trinajstić information content (AvgIpc) is 2.30. The molecular formula is C13H10FNO.